The van der Waals surface area contributed by atoms with E-state index in [2.05, 4.69) is 25.3 Å². The van der Waals surface area contributed by atoms with Crippen LogP contribution in [0.5, 0.6) is 0 Å². The van der Waals surface area contributed by atoms with Crippen LogP contribution in [0.2, 0.25) is 10.0 Å². The van der Waals surface area contributed by atoms with Crippen molar-refractivity contribution in [3.63, 3.8) is 0 Å². The van der Waals surface area contributed by atoms with Gasteiger partial charge < -0.3 is 4.90 Å². The molecule has 2 aromatic carbocycles. The van der Waals surface area contributed by atoms with Crippen molar-refractivity contribution in [1.82, 2.24) is 25.1 Å². The van der Waals surface area contributed by atoms with Gasteiger partial charge in [0.15, 0.2) is 0 Å². The van der Waals surface area contributed by atoms with Crippen LogP contribution in [-0.2, 0) is 0 Å². The van der Waals surface area contributed by atoms with Crippen molar-refractivity contribution in [1.29, 1.82) is 0 Å². The normalized spacial score (nSPS) is 15.0. The quantitative estimate of drug-likeness (QED) is 0.397. The van der Waals surface area contributed by atoms with Gasteiger partial charge in [-0.25, -0.2) is 0 Å². The second kappa shape index (κ2) is 9.80. The third kappa shape index (κ3) is 5.04. The van der Waals surface area contributed by atoms with Gasteiger partial charge in [-0.2, -0.15) is 4.68 Å². The van der Waals surface area contributed by atoms with E-state index in [4.69, 9.17) is 23.2 Å². The molecule has 0 saturated carbocycles. The van der Waals surface area contributed by atoms with E-state index in [0.29, 0.717) is 10.0 Å². The summed E-state index contributed by atoms with van der Waals surface area (Å²) in [4.78, 5) is 4.81. The second-order valence-electron chi connectivity index (χ2n) is 6.81. The summed E-state index contributed by atoms with van der Waals surface area (Å²) < 4.78 is 1.79. The number of piperazine rings is 1. The molecule has 0 atom stereocenters. The zero-order valence-corrected chi connectivity index (χ0v) is 18.2. The molecule has 0 N–H and O–H groups in total. The highest BCUT2D eigenvalue weighted by atomic mass is 35.5. The Balaban J connectivity index is 1.22. The first-order valence-corrected chi connectivity index (χ1v) is 11.3. The van der Waals surface area contributed by atoms with Crippen LogP contribution in [-0.4, -0.2) is 63.6 Å². The standard InChI is InChI=1S/C20H22Cl2N6S/c21-17-8-4-9-18(19(17)22)27-13-11-26(12-14-27)10-5-15-29-20-23-24-25-28(20)16-6-2-1-3-7-16/h1-4,6-9H,5,10-15H2. The summed E-state index contributed by atoms with van der Waals surface area (Å²) in [6.07, 6.45) is 1.09. The topological polar surface area (TPSA) is 50.1 Å². The summed E-state index contributed by atoms with van der Waals surface area (Å²) in [7, 11) is 0. The van der Waals surface area contributed by atoms with E-state index >= 15 is 0 Å². The van der Waals surface area contributed by atoms with Crippen LogP contribution < -0.4 is 4.90 Å². The van der Waals surface area contributed by atoms with E-state index in [1.54, 1.807) is 16.4 Å². The molecule has 1 aliphatic rings. The number of tetrazole rings is 1. The Morgan fingerprint density at radius 3 is 2.52 bits per heavy atom. The lowest BCUT2D eigenvalue weighted by Gasteiger charge is -2.36. The highest BCUT2D eigenvalue weighted by Crippen LogP contribution is 2.32. The second-order valence-corrected chi connectivity index (χ2v) is 8.66. The number of thioether (sulfide) groups is 1. The molecule has 0 spiro atoms. The molecule has 2 heterocycles. The zero-order valence-electron chi connectivity index (χ0n) is 15.9. The molecule has 29 heavy (non-hydrogen) atoms. The smallest absolute Gasteiger partial charge is 0.214 e. The third-order valence-corrected chi connectivity index (χ3v) is 6.75. The molecule has 9 heteroatoms. The first-order valence-electron chi connectivity index (χ1n) is 9.60. The number of hydrogen-bond acceptors (Lipinski definition) is 6. The number of benzene rings is 2. The maximum atomic E-state index is 6.36. The Morgan fingerprint density at radius 1 is 0.931 bits per heavy atom. The number of aromatic nitrogens is 4. The van der Waals surface area contributed by atoms with Crippen molar-refractivity contribution in [2.24, 2.45) is 0 Å². The van der Waals surface area contributed by atoms with Crippen molar-refractivity contribution in [3.05, 3.63) is 58.6 Å². The molecule has 1 fully saturated rings. The Labute approximate surface area is 184 Å². The summed E-state index contributed by atoms with van der Waals surface area (Å²) in [5, 5.41) is 14.2. The number of halogens is 2. The van der Waals surface area contributed by atoms with Crippen LogP contribution in [0.3, 0.4) is 0 Å². The van der Waals surface area contributed by atoms with Gasteiger partial charge in [0.1, 0.15) is 0 Å². The molecule has 0 radical (unpaired) electrons. The Bertz CT molecular complexity index is 928. The summed E-state index contributed by atoms with van der Waals surface area (Å²) >= 11 is 14.2. The highest BCUT2D eigenvalue weighted by molar-refractivity contribution is 7.99. The van der Waals surface area contributed by atoms with E-state index in [0.717, 1.165) is 61.4 Å². The lowest BCUT2D eigenvalue weighted by Crippen LogP contribution is -2.46. The molecule has 1 saturated heterocycles. The number of anilines is 1. The average molecular weight is 449 g/mol. The van der Waals surface area contributed by atoms with Crippen LogP contribution in [0.4, 0.5) is 5.69 Å². The first kappa shape index (κ1) is 20.5. The summed E-state index contributed by atoms with van der Waals surface area (Å²) in [6, 6.07) is 15.8. The number of para-hydroxylation sites is 1. The molecule has 0 bridgehead atoms. The van der Waals surface area contributed by atoms with Gasteiger partial charge in [0.25, 0.3) is 0 Å². The summed E-state index contributed by atoms with van der Waals surface area (Å²) in [6.45, 7) is 5.03. The Morgan fingerprint density at radius 2 is 1.72 bits per heavy atom. The predicted molar refractivity (Wildman–Crippen MR) is 120 cm³/mol. The monoisotopic (exact) mass is 448 g/mol. The van der Waals surface area contributed by atoms with E-state index in [-0.39, 0.29) is 0 Å². The van der Waals surface area contributed by atoms with E-state index in [1.807, 2.05) is 48.5 Å². The van der Waals surface area contributed by atoms with E-state index < -0.39 is 0 Å². The van der Waals surface area contributed by atoms with Crippen molar-refractivity contribution in [2.75, 3.05) is 43.4 Å². The van der Waals surface area contributed by atoms with Gasteiger partial charge >= 0.3 is 0 Å². The molecular weight excluding hydrogens is 427 g/mol. The van der Waals surface area contributed by atoms with Crippen LogP contribution in [0.25, 0.3) is 5.69 Å². The van der Waals surface area contributed by atoms with Crippen LogP contribution in [0.1, 0.15) is 6.42 Å². The van der Waals surface area contributed by atoms with E-state index in [1.165, 1.54) is 0 Å². The molecule has 0 amide bonds. The molecule has 152 valence electrons. The SMILES string of the molecule is Clc1cccc(N2CCN(CCCSc3nnnn3-c3ccccc3)CC2)c1Cl. The molecule has 6 nitrogen and oxygen atoms in total. The van der Waals surface area contributed by atoms with Gasteiger partial charge in [-0.1, -0.05) is 59.2 Å². The average Bonchev–Trinajstić information content (AvgIpc) is 3.23. The van der Waals surface area contributed by atoms with E-state index in [9.17, 15) is 0 Å². The number of hydrogen-bond donors (Lipinski definition) is 0. The maximum absolute atomic E-state index is 6.36. The fourth-order valence-corrected chi connectivity index (χ4v) is 4.63. The minimum absolute atomic E-state index is 0.612. The minimum Gasteiger partial charge on any atom is -0.368 e. The summed E-state index contributed by atoms with van der Waals surface area (Å²) in [5.74, 6) is 0.980. The van der Waals surface area contributed by atoms with Crippen LogP contribution in [0.15, 0.2) is 53.7 Å². The van der Waals surface area contributed by atoms with Crippen molar-refractivity contribution in [3.8, 4) is 5.69 Å². The lowest BCUT2D eigenvalue weighted by molar-refractivity contribution is 0.259. The molecule has 4 rings (SSSR count). The molecule has 3 aromatic rings. The Kier molecular flexibility index (Phi) is 6.92. The first-order chi connectivity index (χ1) is 14.2. The molecule has 0 unspecified atom stereocenters. The fourth-order valence-electron chi connectivity index (χ4n) is 3.40. The maximum Gasteiger partial charge on any atom is 0.214 e. The largest absolute Gasteiger partial charge is 0.368 e. The van der Waals surface area contributed by atoms with Gasteiger partial charge in [-0.05, 0) is 47.7 Å². The van der Waals surface area contributed by atoms with Gasteiger partial charge in [0.2, 0.25) is 5.16 Å². The number of rotatable bonds is 7. The van der Waals surface area contributed by atoms with Gasteiger partial charge in [-0.3, -0.25) is 4.90 Å². The third-order valence-electron chi connectivity index (χ3n) is 4.94. The van der Waals surface area contributed by atoms with Crippen molar-refractivity contribution >= 4 is 40.7 Å². The minimum atomic E-state index is 0.612. The predicted octanol–water partition coefficient (Wildman–Crippen LogP) is 4.27. The van der Waals surface area contributed by atoms with Crippen molar-refractivity contribution < 1.29 is 0 Å². The summed E-state index contributed by atoms with van der Waals surface area (Å²) in [5.41, 5.74) is 2.01. The van der Waals surface area contributed by atoms with Gasteiger partial charge in [0.05, 0.1) is 21.4 Å². The zero-order chi connectivity index (χ0) is 20.1. The fraction of sp³-hybridized carbons (Fsp3) is 0.350. The van der Waals surface area contributed by atoms with Crippen LogP contribution >= 0.6 is 35.0 Å². The molecule has 1 aliphatic heterocycles. The van der Waals surface area contributed by atoms with Crippen molar-refractivity contribution in [2.45, 2.75) is 11.6 Å². The Hall–Kier alpha value is -1.80. The molecule has 0 aliphatic carbocycles. The van der Waals surface area contributed by atoms with Crippen LogP contribution in [0, 0.1) is 0 Å². The lowest BCUT2D eigenvalue weighted by atomic mass is 10.2. The molecule has 1 aromatic heterocycles. The molecular formula is C20H22Cl2N6S. The number of nitrogens with zero attached hydrogens (tertiary/aromatic N) is 6. The van der Waals surface area contributed by atoms with Gasteiger partial charge in [-0.15, -0.1) is 5.10 Å². The highest BCUT2D eigenvalue weighted by Gasteiger charge is 2.19. The van der Waals surface area contributed by atoms with Gasteiger partial charge in [0, 0.05) is 31.9 Å².